The van der Waals surface area contributed by atoms with E-state index in [1.807, 2.05) is 13.8 Å². The first-order valence-corrected chi connectivity index (χ1v) is 4.49. The SMILES string of the molecule is CC(C)n1cc(N)cc(Br)c1=O. The van der Waals surface area contributed by atoms with Crippen LogP contribution in [0.2, 0.25) is 0 Å². The molecule has 3 nitrogen and oxygen atoms in total. The van der Waals surface area contributed by atoms with Gasteiger partial charge in [0.15, 0.2) is 0 Å². The summed E-state index contributed by atoms with van der Waals surface area (Å²) in [5.41, 5.74) is 6.13. The minimum Gasteiger partial charge on any atom is -0.398 e. The fraction of sp³-hybridized carbons (Fsp3) is 0.375. The standard InChI is InChI=1S/C8H11BrN2O/c1-5(2)11-4-6(10)3-7(9)8(11)12/h3-5H,10H2,1-2H3. The van der Waals surface area contributed by atoms with Crippen molar-refractivity contribution in [2.24, 2.45) is 0 Å². The maximum absolute atomic E-state index is 11.4. The van der Waals surface area contributed by atoms with Crippen LogP contribution < -0.4 is 11.3 Å². The third-order valence-electron chi connectivity index (χ3n) is 1.58. The molecular formula is C8H11BrN2O. The lowest BCUT2D eigenvalue weighted by Gasteiger charge is -2.10. The first-order valence-electron chi connectivity index (χ1n) is 3.69. The van der Waals surface area contributed by atoms with Crippen molar-refractivity contribution in [3.05, 3.63) is 27.1 Å². The molecule has 0 bridgehead atoms. The molecule has 0 spiro atoms. The summed E-state index contributed by atoms with van der Waals surface area (Å²) in [6, 6.07) is 1.75. The van der Waals surface area contributed by atoms with Crippen molar-refractivity contribution in [1.82, 2.24) is 4.57 Å². The molecule has 0 atom stereocenters. The zero-order valence-electron chi connectivity index (χ0n) is 7.04. The molecule has 0 saturated heterocycles. The predicted octanol–water partition coefficient (Wildman–Crippen LogP) is 1.77. The lowest BCUT2D eigenvalue weighted by Crippen LogP contribution is -2.22. The molecule has 0 aliphatic rings. The van der Waals surface area contributed by atoms with Crippen molar-refractivity contribution < 1.29 is 0 Å². The number of halogens is 1. The van der Waals surface area contributed by atoms with Gasteiger partial charge in [0.1, 0.15) is 0 Å². The molecule has 1 heterocycles. The van der Waals surface area contributed by atoms with E-state index >= 15 is 0 Å². The van der Waals surface area contributed by atoms with E-state index in [0.717, 1.165) is 0 Å². The van der Waals surface area contributed by atoms with Crippen molar-refractivity contribution in [2.45, 2.75) is 19.9 Å². The Labute approximate surface area is 79.3 Å². The third kappa shape index (κ3) is 1.69. The van der Waals surface area contributed by atoms with E-state index in [-0.39, 0.29) is 11.6 Å². The van der Waals surface area contributed by atoms with Gasteiger partial charge < -0.3 is 10.3 Å². The van der Waals surface area contributed by atoms with Gasteiger partial charge in [0.05, 0.1) is 4.47 Å². The van der Waals surface area contributed by atoms with Crippen LogP contribution >= 0.6 is 15.9 Å². The Hall–Kier alpha value is -0.770. The van der Waals surface area contributed by atoms with Crippen LogP contribution in [-0.4, -0.2) is 4.57 Å². The highest BCUT2D eigenvalue weighted by atomic mass is 79.9. The largest absolute Gasteiger partial charge is 0.398 e. The van der Waals surface area contributed by atoms with Crippen LogP contribution in [0.4, 0.5) is 5.69 Å². The van der Waals surface area contributed by atoms with E-state index in [4.69, 9.17) is 5.73 Å². The average molecular weight is 231 g/mol. The van der Waals surface area contributed by atoms with Gasteiger partial charge in [0.2, 0.25) is 0 Å². The fourth-order valence-electron chi connectivity index (χ4n) is 0.971. The van der Waals surface area contributed by atoms with Crippen LogP contribution in [0.25, 0.3) is 0 Å². The van der Waals surface area contributed by atoms with Gasteiger partial charge in [-0.05, 0) is 35.8 Å². The first kappa shape index (κ1) is 9.32. The minimum absolute atomic E-state index is 0.0424. The molecule has 0 amide bonds. The first-order chi connectivity index (χ1) is 5.52. The monoisotopic (exact) mass is 230 g/mol. The van der Waals surface area contributed by atoms with Crippen molar-refractivity contribution in [3.63, 3.8) is 0 Å². The molecule has 0 radical (unpaired) electrons. The van der Waals surface area contributed by atoms with E-state index in [1.54, 1.807) is 16.8 Å². The van der Waals surface area contributed by atoms with E-state index in [1.165, 1.54) is 0 Å². The van der Waals surface area contributed by atoms with E-state index < -0.39 is 0 Å². The Morgan fingerprint density at radius 1 is 1.58 bits per heavy atom. The van der Waals surface area contributed by atoms with Gasteiger partial charge in [-0.15, -0.1) is 0 Å². The number of nitrogens with two attached hydrogens (primary N) is 1. The van der Waals surface area contributed by atoms with Crippen molar-refractivity contribution >= 4 is 21.6 Å². The number of aromatic nitrogens is 1. The normalized spacial score (nSPS) is 10.7. The van der Waals surface area contributed by atoms with Crippen LogP contribution in [0.5, 0.6) is 0 Å². The lowest BCUT2D eigenvalue weighted by molar-refractivity contribution is 0.577. The summed E-state index contributed by atoms with van der Waals surface area (Å²) in [5, 5.41) is 0. The molecule has 4 heteroatoms. The van der Waals surface area contributed by atoms with Gasteiger partial charge in [-0.25, -0.2) is 0 Å². The van der Waals surface area contributed by atoms with Crippen molar-refractivity contribution in [2.75, 3.05) is 5.73 Å². The van der Waals surface area contributed by atoms with Crippen LogP contribution in [0.1, 0.15) is 19.9 Å². The molecular weight excluding hydrogens is 220 g/mol. The van der Waals surface area contributed by atoms with Gasteiger partial charge in [0.25, 0.3) is 5.56 Å². The summed E-state index contributed by atoms with van der Waals surface area (Å²) in [4.78, 5) is 11.4. The Kier molecular flexibility index (Phi) is 2.57. The second kappa shape index (κ2) is 3.31. The number of anilines is 1. The maximum atomic E-state index is 11.4. The molecule has 1 aromatic rings. The average Bonchev–Trinajstić information content (AvgIpc) is 1.96. The number of nitrogens with zero attached hydrogens (tertiary/aromatic N) is 1. The minimum atomic E-state index is -0.0424. The highest BCUT2D eigenvalue weighted by molar-refractivity contribution is 9.10. The number of nitrogen functional groups attached to an aromatic ring is 1. The smallest absolute Gasteiger partial charge is 0.265 e. The quantitative estimate of drug-likeness (QED) is 0.800. The molecule has 1 rings (SSSR count). The number of pyridine rings is 1. The molecule has 0 aromatic carbocycles. The molecule has 2 N–H and O–H groups in total. The second-order valence-electron chi connectivity index (χ2n) is 2.93. The van der Waals surface area contributed by atoms with Crippen molar-refractivity contribution in [3.8, 4) is 0 Å². The zero-order chi connectivity index (χ0) is 9.30. The third-order valence-corrected chi connectivity index (χ3v) is 2.14. The summed E-state index contributed by atoms with van der Waals surface area (Å²) in [5.74, 6) is 0. The summed E-state index contributed by atoms with van der Waals surface area (Å²) < 4.78 is 2.11. The highest BCUT2D eigenvalue weighted by Crippen LogP contribution is 2.11. The Morgan fingerprint density at radius 3 is 2.67 bits per heavy atom. The number of hydrogen-bond acceptors (Lipinski definition) is 2. The topological polar surface area (TPSA) is 48.0 Å². The van der Waals surface area contributed by atoms with E-state index in [9.17, 15) is 4.79 Å². The van der Waals surface area contributed by atoms with Crippen LogP contribution in [0, 0.1) is 0 Å². The molecule has 0 aliphatic carbocycles. The van der Waals surface area contributed by atoms with Gasteiger partial charge in [-0.2, -0.15) is 0 Å². The van der Waals surface area contributed by atoms with Gasteiger partial charge in [-0.1, -0.05) is 0 Å². The molecule has 0 fully saturated rings. The molecule has 12 heavy (non-hydrogen) atoms. The molecule has 0 saturated carbocycles. The van der Waals surface area contributed by atoms with Gasteiger partial charge in [0, 0.05) is 17.9 Å². The molecule has 0 aliphatic heterocycles. The summed E-state index contributed by atoms with van der Waals surface area (Å²) >= 11 is 3.15. The van der Waals surface area contributed by atoms with Crippen LogP contribution in [0.15, 0.2) is 21.5 Å². The molecule has 1 aromatic heterocycles. The Morgan fingerprint density at radius 2 is 2.17 bits per heavy atom. The van der Waals surface area contributed by atoms with E-state index in [0.29, 0.717) is 10.2 Å². The highest BCUT2D eigenvalue weighted by Gasteiger charge is 2.04. The molecule has 0 unspecified atom stereocenters. The van der Waals surface area contributed by atoms with Gasteiger partial charge >= 0.3 is 0 Å². The number of hydrogen-bond donors (Lipinski definition) is 1. The fourth-order valence-corrected chi connectivity index (χ4v) is 1.44. The van der Waals surface area contributed by atoms with Gasteiger partial charge in [-0.3, -0.25) is 4.79 Å². The van der Waals surface area contributed by atoms with Crippen LogP contribution in [0.3, 0.4) is 0 Å². The Balaban J connectivity index is 3.38. The second-order valence-corrected chi connectivity index (χ2v) is 3.78. The van der Waals surface area contributed by atoms with Crippen molar-refractivity contribution in [1.29, 1.82) is 0 Å². The maximum Gasteiger partial charge on any atom is 0.265 e. The summed E-state index contributed by atoms with van der Waals surface area (Å²) in [7, 11) is 0. The Bertz CT molecular complexity index is 343. The summed E-state index contributed by atoms with van der Waals surface area (Å²) in [6.45, 7) is 3.88. The lowest BCUT2D eigenvalue weighted by atomic mass is 10.3. The van der Waals surface area contributed by atoms with E-state index in [2.05, 4.69) is 15.9 Å². The predicted molar refractivity (Wildman–Crippen MR) is 53.2 cm³/mol. The zero-order valence-corrected chi connectivity index (χ0v) is 8.63. The molecule has 66 valence electrons. The number of rotatable bonds is 1. The summed E-state index contributed by atoms with van der Waals surface area (Å²) in [6.07, 6.45) is 1.65. The van der Waals surface area contributed by atoms with Crippen LogP contribution in [-0.2, 0) is 0 Å².